The predicted molar refractivity (Wildman–Crippen MR) is 91.0 cm³/mol. The maximum Gasteiger partial charge on any atom is 0.222 e. The highest BCUT2D eigenvalue weighted by Gasteiger charge is 2.28. The number of nitrogens with zero attached hydrogens (tertiary/aromatic N) is 3. The molecule has 1 atom stereocenters. The van der Waals surface area contributed by atoms with E-state index in [4.69, 9.17) is 0 Å². The first-order valence-electron chi connectivity index (χ1n) is 8.59. The van der Waals surface area contributed by atoms with Gasteiger partial charge in [-0.1, -0.05) is 12.1 Å². The number of carbonyl (C=O) groups is 1. The summed E-state index contributed by atoms with van der Waals surface area (Å²) in [5.41, 5.74) is 1.60. The van der Waals surface area contributed by atoms with Crippen LogP contribution in [0.2, 0.25) is 0 Å². The molecule has 1 N–H and O–H groups in total. The van der Waals surface area contributed by atoms with E-state index >= 15 is 0 Å². The average Bonchev–Trinajstić information content (AvgIpc) is 2.67. The lowest BCUT2D eigenvalue weighted by atomic mass is 9.87. The Kier molecular flexibility index (Phi) is 5.71. The van der Waals surface area contributed by atoms with Crippen molar-refractivity contribution in [1.29, 1.82) is 0 Å². The van der Waals surface area contributed by atoms with Crippen molar-refractivity contribution in [3.05, 3.63) is 59.9 Å². The highest BCUT2D eigenvalue weighted by atomic mass is 19.1. The lowest BCUT2D eigenvalue weighted by Crippen LogP contribution is -2.39. The lowest BCUT2D eigenvalue weighted by molar-refractivity contribution is -0.133. The third-order valence-corrected chi connectivity index (χ3v) is 4.79. The maximum atomic E-state index is 13.0. The summed E-state index contributed by atoms with van der Waals surface area (Å²) >= 11 is 0. The van der Waals surface area contributed by atoms with Crippen LogP contribution < -0.4 is 0 Å². The van der Waals surface area contributed by atoms with Gasteiger partial charge in [0.1, 0.15) is 12.1 Å². The molecule has 0 aliphatic carbocycles. The number of aliphatic hydroxyl groups is 1. The first kappa shape index (κ1) is 17.5. The van der Waals surface area contributed by atoms with Gasteiger partial charge in [-0.05, 0) is 48.9 Å². The van der Waals surface area contributed by atoms with Crippen LogP contribution in [0.25, 0.3) is 0 Å². The molecule has 1 aliphatic heterocycles. The van der Waals surface area contributed by atoms with E-state index in [1.807, 2.05) is 11.0 Å². The van der Waals surface area contributed by atoms with E-state index in [0.29, 0.717) is 25.9 Å². The van der Waals surface area contributed by atoms with Crippen LogP contribution >= 0.6 is 0 Å². The summed E-state index contributed by atoms with van der Waals surface area (Å²) in [5, 5.41) is 10.5. The molecule has 1 aliphatic rings. The molecule has 0 bridgehead atoms. The molecule has 1 amide bonds. The molecule has 2 heterocycles. The zero-order valence-electron chi connectivity index (χ0n) is 14.0. The van der Waals surface area contributed by atoms with Crippen molar-refractivity contribution in [1.82, 2.24) is 14.9 Å². The van der Waals surface area contributed by atoms with Crippen molar-refractivity contribution in [2.24, 2.45) is 5.92 Å². The second-order valence-corrected chi connectivity index (χ2v) is 6.42. The van der Waals surface area contributed by atoms with Gasteiger partial charge in [-0.2, -0.15) is 0 Å². The number of aromatic nitrogens is 2. The summed E-state index contributed by atoms with van der Waals surface area (Å²) in [6.07, 6.45) is 5.09. The number of aliphatic hydroxyl groups excluding tert-OH is 1. The third kappa shape index (κ3) is 4.60. The Balaban J connectivity index is 1.47. The summed E-state index contributed by atoms with van der Waals surface area (Å²) in [6, 6.07) is 7.80. The highest BCUT2D eigenvalue weighted by molar-refractivity contribution is 5.76. The van der Waals surface area contributed by atoms with Gasteiger partial charge in [0.05, 0.1) is 6.10 Å². The molecule has 1 aromatic heterocycles. The van der Waals surface area contributed by atoms with Crippen molar-refractivity contribution in [3.63, 3.8) is 0 Å². The molecule has 1 fully saturated rings. The van der Waals surface area contributed by atoms with Crippen LogP contribution in [-0.4, -0.2) is 39.0 Å². The number of amides is 1. The van der Waals surface area contributed by atoms with Crippen LogP contribution in [0.4, 0.5) is 4.39 Å². The van der Waals surface area contributed by atoms with Crippen molar-refractivity contribution < 1.29 is 14.3 Å². The zero-order chi connectivity index (χ0) is 17.6. The fourth-order valence-electron chi connectivity index (χ4n) is 3.26. The van der Waals surface area contributed by atoms with E-state index in [1.165, 1.54) is 18.5 Å². The molecule has 6 heteroatoms. The molecule has 0 unspecified atom stereocenters. The van der Waals surface area contributed by atoms with Gasteiger partial charge in [0.15, 0.2) is 0 Å². The maximum absolute atomic E-state index is 13.0. The Hall–Kier alpha value is -2.34. The van der Waals surface area contributed by atoms with Gasteiger partial charge >= 0.3 is 0 Å². The number of likely N-dealkylation sites (tertiary alicyclic amines) is 1. The molecule has 1 aromatic carbocycles. The highest BCUT2D eigenvalue weighted by Crippen LogP contribution is 2.31. The van der Waals surface area contributed by atoms with Gasteiger partial charge in [0, 0.05) is 31.4 Å². The molecule has 132 valence electrons. The monoisotopic (exact) mass is 343 g/mol. The molecule has 5 nitrogen and oxygen atoms in total. The van der Waals surface area contributed by atoms with E-state index < -0.39 is 6.10 Å². The Morgan fingerprint density at radius 3 is 2.60 bits per heavy atom. The van der Waals surface area contributed by atoms with E-state index in [-0.39, 0.29) is 17.6 Å². The number of carbonyl (C=O) groups excluding carboxylic acids is 1. The number of rotatable bonds is 5. The zero-order valence-corrected chi connectivity index (χ0v) is 14.0. The Labute approximate surface area is 146 Å². The van der Waals surface area contributed by atoms with Gasteiger partial charge in [0.2, 0.25) is 5.91 Å². The molecule has 0 spiro atoms. The second kappa shape index (κ2) is 8.16. The minimum atomic E-state index is -0.612. The fourth-order valence-corrected chi connectivity index (χ4v) is 3.26. The standard InChI is InChI=1S/C19H22FN3O2/c20-16-3-1-14(2-4-16)19(25)15-8-11-23(12-9-15)18(24)6-5-17-7-10-21-13-22-17/h1-4,7,10,13,15,19,25H,5-6,8-9,11-12H2/t19-/m1/s1. The van der Waals surface area contributed by atoms with Gasteiger partial charge in [-0.25, -0.2) is 14.4 Å². The number of halogens is 1. The number of piperidine rings is 1. The van der Waals surface area contributed by atoms with Gasteiger partial charge in [0.25, 0.3) is 0 Å². The first-order chi connectivity index (χ1) is 12.1. The summed E-state index contributed by atoms with van der Waals surface area (Å²) in [6.45, 7) is 1.29. The third-order valence-electron chi connectivity index (χ3n) is 4.79. The second-order valence-electron chi connectivity index (χ2n) is 6.42. The summed E-state index contributed by atoms with van der Waals surface area (Å²) in [5.74, 6) is -0.0928. The number of hydrogen-bond donors (Lipinski definition) is 1. The van der Waals surface area contributed by atoms with Crippen LogP contribution in [0.1, 0.15) is 36.6 Å². The molecule has 3 rings (SSSR count). The smallest absolute Gasteiger partial charge is 0.222 e. The number of hydrogen-bond acceptors (Lipinski definition) is 4. The van der Waals surface area contributed by atoms with E-state index in [1.54, 1.807) is 18.3 Å². The number of aryl methyl sites for hydroxylation is 1. The molecule has 25 heavy (non-hydrogen) atoms. The Morgan fingerprint density at radius 1 is 1.24 bits per heavy atom. The summed E-state index contributed by atoms with van der Waals surface area (Å²) in [7, 11) is 0. The van der Waals surface area contributed by atoms with Crippen molar-refractivity contribution >= 4 is 5.91 Å². The Bertz CT molecular complexity index is 686. The minimum Gasteiger partial charge on any atom is -0.388 e. The van der Waals surface area contributed by atoms with E-state index in [9.17, 15) is 14.3 Å². The largest absolute Gasteiger partial charge is 0.388 e. The van der Waals surface area contributed by atoms with E-state index in [2.05, 4.69) is 9.97 Å². The lowest BCUT2D eigenvalue weighted by Gasteiger charge is -2.34. The van der Waals surface area contributed by atoms with Crippen LogP contribution in [0, 0.1) is 11.7 Å². The first-order valence-corrected chi connectivity index (χ1v) is 8.59. The van der Waals surface area contributed by atoms with Gasteiger partial charge < -0.3 is 10.0 Å². The van der Waals surface area contributed by atoms with Crippen LogP contribution in [0.3, 0.4) is 0 Å². The van der Waals surface area contributed by atoms with Crippen LogP contribution in [0.5, 0.6) is 0 Å². The molecule has 1 saturated heterocycles. The summed E-state index contributed by atoms with van der Waals surface area (Å²) < 4.78 is 13.0. The van der Waals surface area contributed by atoms with Crippen molar-refractivity contribution in [3.8, 4) is 0 Å². The number of benzene rings is 1. The van der Waals surface area contributed by atoms with Crippen molar-refractivity contribution in [2.45, 2.75) is 31.8 Å². The fraction of sp³-hybridized carbons (Fsp3) is 0.421. The SMILES string of the molecule is O=C(CCc1ccncn1)N1CCC([C@H](O)c2ccc(F)cc2)CC1. The van der Waals surface area contributed by atoms with E-state index in [0.717, 1.165) is 24.1 Å². The average molecular weight is 343 g/mol. The van der Waals surface area contributed by atoms with Crippen molar-refractivity contribution in [2.75, 3.05) is 13.1 Å². The molecule has 2 aromatic rings. The topological polar surface area (TPSA) is 66.3 Å². The molecular weight excluding hydrogens is 321 g/mol. The van der Waals surface area contributed by atoms with Crippen LogP contribution in [0.15, 0.2) is 42.9 Å². The quantitative estimate of drug-likeness (QED) is 0.906. The Morgan fingerprint density at radius 2 is 1.96 bits per heavy atom. The molecule has 0 saturated carbocycles. The normalized spacial score (nSPS) is 16.6. The van der Waals surface area contributed by atoms with Gasteiger partial charge in [-0.15, -0.1) is 0 Å². The van der Waals surface area contributed by atoms with Gasteiger partial charge in [-0.3, -0.25) is 4.79 Å². The minimum absolute atomic E-state index is 0.0939. The summed E-state index contributed by atoms with van der Waals surface area (Å²) in [4.78, 5) is 22.2. The van der Waals surface area contributed by atoms with Crippen LogP contribution in [-0.2, 0) is 11.2 Å². The predicted octanol–water partition coefficient (Wildman–Crippen LogP) is 2.52. The molecule has 0 radical (unpaired) electrons. The molecular formula is C19H22FN3O2.